The van der Waals surface area contributed by atoms with E-state index >= 15 is 0 Å². The van der Waals surface area contributed by atoms with Crippen LogP contribution < -0.4 is 0 Å². The van der Waals surface area contributed by atoms with Crippen LogP contribution in [0.2, 0.25) is 0 Å². The monoisotopic (exact) mass is 793 g/mol. The summed E-state index contributed by atoms with van der Waals surface area (Å²) in [5, 5.41) is 0. The Morgan fingerprint density at radius 1 is 0.491 bits per heavy atom. The van der Waals surface area contributed by atoms with Crippen LogP contribution in [0.3, 0.4) is 0 Å². The van der Waals surface area contributed by atoms with Crippen LogP contribution in [0.15, 0.2) is 30.3 Å². The summed E-state index contributed by atoms with van der Waals surface area (Å²) in [6, 6.07) is 10.0. The lowest BCUT2D eigenvalue weighted by Gasteiger charge is -2.13. The molecule has 0 aliphatic rings. The van der Waals surface area contributed by atoms with Gasteiger partial charge in [0.1, 0.15) is 17.3 Å². The molecule has 0 saturated heterocycles. The van der Waals surface area contributed by atoms with Crippen molar-refractivity contribution in [3.63, 3.8) is 0 Å². The van der Waals surface area contributed by atoms with Crippen molar-refractivity contribution in [2.24, 2.45) is 0 Å². The van der Waals surface area contributed by atoms with Crippen LogP contribution in [0.1, 0.15) is 161 Å². The zero-order valence-electron chi connectivity index (χ0n) is 31.4. The molecule has 0 radical (unpaired) electrons. The standard InChI is InChI=1S/C14H20O3.C13H24O4.C11H20O4.6CH4/c1-12(15)10-14(16-2)8-9-17-11-13-6-4-3-5-7-13;1-11(14)10-12(16-2)8-6-4-5-7-9-13(15)17-3;1-9(12)8-10(14-2)6-4-5-7-11(13)15-3;;;;;;/h3-7,14H,8-11H2,1-2H3;12H,4-10H2,1-3H3;10H,4-8H2,1-3H3;6*1H4. The Bertz CT molecular complexity index is 999. The van der Waals surface area contributed by atoms with Gasteiger partial charge in [0.2, 0.25) is 0 Å². The minimum absolute atomic E-state index is 0. The molecule has 11 heteroatoms. The van der Waals surface area contributed by atoms with E-state index < -0.39 is 0 Å². The lowest BCUT2D eigenvalue weighted by Crippen LogP contribution is -2.17. The fraction of sp³-hybridized carbons (Fsp3) is 0.750. The third kappa shape index (κ3) is 49.0. The average Bonchev–Trinajstić information content (AvgIpc) is 3.08. The highest BCUT2D eigenvalue weighted by Gasteiger charge is 2.12. The number of rotatable bonds is 26. The molecule has 0 aromatic heterocycles. The van der Waals surface area contributed by atoms with E-state index in [0.29, 0.717) is 45.3 Å². The zero-order valence-corrected chi connectivity index (χ0v) is 31.4. The maximum atomic E-state index is 10.9. The molecule has 3 unspecified atom stereocenters. The van der Waals surface area contributed by atoms with Crippen LogP contribution >= 0.6 is 0 Å². The van der Waals surface area contributed by atoms with Crippen molar-refractivity contribution >= 4 is 29.3 Å². The van der Waals surface area contributed by atoms with Crippen molar-refractivity contribution in [2.75, 3.05) is 42.2 Å². The first kappa shape index (κ1) is 69.9. The topological polar surface area (TPSA) is 141 Å². The minimum atomic E-state index is -0.185. The molecule has 0 aliphatic carbocycles. The molecule has 0 fully saturated rings. The van der Waals surface area contributed by atoms with E-state index in [0.717, 1.165) is 63.4 Å². The number of ketones is 3. The van der Waals surface area contributed by atoms with Gasteiger partial charge in [-0.2, -0.15) is 0 Å². The lowest BCUT2D eigenvalue weighted by atomic mass is 10.0. The van der Waals surface area contributed by atoms with E-state index in [-0.39, 0.29) is 92.2 Å². The van der Waals surface area contributed by atoms with Crippen LogP contribution in [-0.4, -0.2) is 89.8 Å². The summed E-state index contributed by atoms with van der Waals surface area (Å²) in [4.78, 5) is 54.4. The first-order valence-corrected chi connectivity index (χ1v) is 17.2. The molecule has 3 atom stereocenters. The van der Waals surface area contributed by atoms with Crippen molar-refractivity contribution in [1.29, 1.82) is 0 Å². The third-order valence-corrected chi connectivity index (χ3v) is 7.51. The summed E-state index contributed by atoms with van der Waals surface area (Å²) in [7, 11) is 7.67. The van der Waals surface area contributed by atoms with Crippen molar-refractivity contribution < 1.29 is 52.4 Å². The quantitative estimate of drug-likeness (QED) is 0.0653. The molecular weight excluding hydrogens is 704 g/mol. The van der Waals surface area contributed by atoms with E-state index in [1.807, 2.05) is 30.3 Å². The molecule has 0 amide bonds. The van der Waals surface area contributed by atoms with Gasteiger partial charge in [-0.05, 0) is 58.4 Å². The van der Waals surface area contributed by atoms with Crippen LogP contribution in [0.5, 0.6) is 0 Å². The summed E-state index contributed by atoms with van der Waals surface area (Å²) in [6.45, 7) is 5.94. The lowest BCUT2D eigenvalue weighted by molar-refractivity contribution is -0.141. The maximum absolute atomic E-state index is 10.9. The number of carbonyl (C=O) groups excluding carboxylic acids is 5. The Hall–Kier alpha value is -2.99. The van der Waals surface area contributed by atoms with Crippen LogP contribution in [-0.2, 0) is 59.0 Å². The highest BCUT2D eigenvalue weighted by atomic mass is 16.5. The highest BCUT2D eigenvalue weighted by Crippen LogP contribution is 2.13. The largest absolute Gasteiger partial charge is 0.469 e. The first-order chi connectivity index (χ1) is 23.4. The summed E-state index contributed by atoms with van der Waals surface area (Å²) in [5.74, 6) is 0.129. The number of methoxy groups -OCH3 is 5. The normalized spacial score (nSPS) is 10.9. The molecule has 55 heavy (non-hydrogen) atoms. The number of benzene rings is 1. The van der Waals surface area contributed by atoms with Gasteiger partial charge in [-0.3, -0.25) is 24.0 Å². The fourth-order valence-corrected chi connectivity index (χ4v) is 4.69. The van der Waals surface area contributed by atoms with E-state index in [1.54, 1.807) is 42.1 Å². The number of hydrogen-bond donors (Lipinski definition) is 0. The number of Topliss-reactive ketones (excluding diaryl/α,β-unsaturated/α-hetero) is 3. The van der Waals surface area contributed by atoms with Gasteiger partial charge in [0.15, 0.2) is 0 Å². The molecule has 0 aliphatic heterocycles. The SMILES string of the molecule is C.C.C.C.C.C.COC(=O)CCCCC(CC(C)=O)OC.COC(=O)CCCCCCC(CC(C)=O)OC.COC(CCOCc1ccccc1)CC(C)=O. The molecule has 1 aromatic carbocycles. The predicted molar refractivity (Wildman–Crippen MR) is 230 cm³/mol. The molecule has 0 bridgehead atoms. The molecule has 0 heterocycles. The summed E-state index contributed by atoms with van der Waals surface area (Å²) >= 11 is 0. The molecule has 0 N–H and O–H groups in total. The van der Waals surface area contributed by atoms with Crippen molar-refractivity contribution in [3.8, 4) is 0 Å². The molecule has 1 rings (SSSR count). The Labute approximate surface area is 339 Å². The average molecular weight is 793 g/mol. The molecule has 11 nitrogen and oxygen atoms in total. The molecule has 0 spiro atoms. The van der Waals surface area contributed by atoms with E-state index in [4.69, 9.17) is 18.9 Å². The number of hydrogen-bond acceptors (Lipinski definition) is 11. The Morgan fingerprint density at radius 3 is 1.20 bits per heavy atom. The van der Waals surface area contributed by atoms with Crippen LogP contribution in [0, 0.1) is 0 Å². The summed E-state index contributed by atoms with van der Waals surface area (Å²) in [5.41, 5.74) is 1.16. The van der Waals surface area contributed by atoms with Crippen LogP contribution in [0.4, 0.5) is 0 Å². The number of unbranched alkanes of at least 4 members (excludes halogenated alkanes) is 4. The molecule has 0 saturated carbocycles. The van der Waals surface area contributed by atoms with Crippen molar-refractivity contribution in [3.05, 3.63) is 35.9 Å². The number of esters is 2. The maximum Gasteiger partial charge on any atom is 0.305 e. The second-order valence-electron chi connectivity index (χ2n) is 12.0. The van der Waals surface area contributed by atoms with E-state index in [2.05, 4.69) is 9.47 Å². The van der Waals surface area contributed by atoms with Gasteiger partial charge in [0, 0.05) is 60.0 Å². The first-order valence-electron chi connectivity index (χ1n) is 17.2. The van der Waals surface area contributed by atoms with Gasteiger partial charge >= 0.3 is 11.9 Å². The number of ether oxygens (including phenoxy) is 6. The third-order valence-electron chi connectivity index (χ3n) is 7.51. The molecule has 330 valence electrons. The number of carbonyl (C=O) groups is 5. The van der Waals surface area contributed by atoms with Crippen molar-refractivity contribution in [1.82, 2.24) is 0 Å². The van der Waals surface area contributed by atoms with Crippen molar-refractivity contribution in [2.45, 2.75) is 180 Å². The Morgan fingerprint density at radius 2 is 0.836 bits per heavy atom. The highest BCUT2D eigenvalue weighted by molar-refractivity contribution is 5.76. The van der Waals surface area contributed by atoms with Gasteiger partial charge in [0.25, 0.3) is 0 Å². The summed E-state index contributed by atoms with van der Waals surface area (Å²) in [6.07, 6.45) is 10.5. The molecular formula is C44H88O11. The minimum Gasteiger partial charge on any atom is -0.469 e. The van der Waals surface area contributed by atoms with E-state index in [1.165, 1.54) is 14.2 Å². The van der Waals surface area contributed by atoms with Gasteiger partial charge in [-0.25, -0.2) is 0 Å². The second kappa shape index (κ2) is 49.0. The van der Waals surface area contributed by atoms with Gasteiger partial charge in [-0.15, -0.1) is 0 Å². The fourth-order valence-electron chi connectivity index (χ4n) is 4.69. The summed E-state index contributed by atoms with van der Waals surface area (Å²) < 4.78 is 30.2. The molecule has 1 aromatic rings. The van der Waals surface area contributed by atoms with E-state index in [9.17, 15) is 24.0 Å². The Kier molecular flexibility index (Phi) is 62.3. The van der Waals surface area contributed by atoms with Gasteiger partial charge in [0.05, 0.1) is 39.1 Å². The predicted octanol–water partition coefficient (Wildman–Crippen LogP) is 10.6. The van der Waals surface area contributed by atoms with Gasteiger partial charge < -0.3 is 28.4 Å². The smallest absolute Gasteiger partial charge is 0.305 e. The van der Waals surface area contributed by atoms with Gasteiger partial charge in [-0.1, -0.05) is 101 Å². The second-order valence-corrected chi connectivity index (χ2v) is 12.0. The van der Waals surface area contributed by atoms with Crippen LogP contribution in [0.25, 0.3) is 0 Å². The zero-order chi connectivity index (χ0) is 37.3. The Balaban J connectivity index is -0.0000000954.